The number of nitrogens with one attached hydrogen (secondary N) is 1. The quantitative estimate of drug-likeness (QED) is 0.827. The molecule has 0 aliphatic rings. The van der Waals surface area contributed by atoms with Gasteiger partial charge in [-0.2, -0.15) is 0 Å². The van der Waals surface area contributed by atoms with Crippen LogP contribution < -0.4 is 11.1 Å². The van der Waals surface area contributed by atoms with Crippen LogP contribution in [0.5, 0.6) is 0 Å². The molecule has 0 fully saturated rings. The summed E-state index contributed by atoms with van der Waals surface area (Å²) in [5.74, 6) is 0.908. The van der Waals surface area contributed by atoms with Gasteiger partial charge < -0.3 is 15.5 Å². The van der Waals surface area contributed by atoms with E-state index in [1.54, 1.807) is 6.26 Å². The molecular formula is C14H16N2OS. The number of rotatable bonds is 4. The molecule has 0 spiro atoms. The summed E-state index contributed by atoms with van der Waals surface area (Å²) in [7, 11) is 0. The van der Waals surface area contributed by atoms with Crippen molar-refractivity contribution in [2.24, 2.45) is 5.73 Å². The van der Waals surface area contributed by atoms with Crippen LogP contribution in [-0.2, 0) is 0 Å². The first kappa shape index (κ1) is 12.6. The Labute approximate surface area is 112 Å². The summed E-state index contributed by atoms with van der Waals surface area (Å²) < 4.78 is 5.36. The zero-order valence-corrected chi connectivity index (χ0v) is 11.3. The topological polar surface area (TPSA) is 51.2 Å². The molecule has 2 aromatic rings. The van der Waals surface area contributed by atoms with Gasteiger partial charge in [-0.3, -0.25) is 0 Å². The highest BCUT2D eigenvalue weighted by atomic mass is 32.1. The minimum absolute atomic E-state index is 0.120. The molecule has 2 rings (SSSR count). The van der Waals surface area contributed by atoms with Gasteiger partial charge in [-0.1, -0.05) is 12.2 Å². The predicted molar refractivity (Wildman–Crippen MR) is 77.8 cm³/mol. The lowest BCUT2D eigenvalue weighted by Gasteiger charge is -2.14. The Morgan fingerprint density at radius 1 is 1.39 bits per heavy atom. The maximum absolute atomic E-state index is 5.64. The lowest BCUT2D eigenvalue weighted by Crippen LogP contribution is -2.12. The summed E-state index contributed by atoms with van der Waals surface area (Å²) in [6.45, 7) is 4.05. The second-order valence-corrected chi connectivity index (χ2v) is 4.72. The van der Waals surface area contributed by atoms with E-state index in [2.05, 4.69) is 12.2 Å². The summed E-state index contributed by atoms with van der Waals surface area (Å²) in [6.07, 6.45) is 1.68. The number of hydrogen-bond donors (Lipinski definition) is 2. The van der Waals surface area contributed by atoms with E-state index >= 15 is 0 Å². The second kappa shape index (κ2) is 5.23. The third-order valence-corrected chi connectivity index (χ3v) is 3.06. The molecule has 0 aliphatic heterocycles. The number of anilines is 1. The maximum atomic E-state index is 5.64. The van der Waals surface area contributed by atoms with E-state index in [9.17, 15) is 0 Å². The van der Waals surface area contributed by atoms with Crippen LogP contribution in [0.15, 0.2) is 41.0 Å². The van der Waals surface area contributed by atoms with Crippen molar-refractivity contribution in [3.8, 4) is 0 Å². The zero-order valence-electron chi connectivity index (χ0n) is 10.4. The summed E-state index contributed by atoms with van der Waals surface area (Å²) in [4.78, 5) is 0.429. The van der Waals surface area contributed by atoms with Gasteiger partial charge in [-0.15, -0.1) is 0 Å². The van der Waals surface area contributed by atoms with Crippen molar-refractivity contribution in [3.05, 3.63) is 53.5 Å². The van der Waals surface area contributed by atoms with Gasteiger partial charge in [0.2, 0.25) is 0 Å². The second-order valence-electron chi connectivity index (χ2n) is 4.28. The molecule has 0 saturated heterocycles. The van der Waals surface area contributed by atoms with Crippen molar-refractivity contribution in [1.82, 2.24) is 0 Å². The lowest BCUT2D eigenvalue weighted by molar-refractivity contribution is 0.490. The first-order valence-electron chi connectivity index (χ1n) is 5.78. The van der Waals surface area contributed by atoms with Crippen molar-refractivity contribution < 1.29 is 4.42 Å². The first-order valence-corrected chi connectivity index (χ1v) is 6.19. The molecule has 0 amide bonds. The van der Waals surface area contributed by atoms with Gasteiger partial charge in [-0.25, -0.2) is 0 Å². The molecular weight excluding hydrogens is 244 g/mol. The van der Waals surface area contributed by atoms with Gasteiger partial charge in [-0.05, 0) is 49.7 Å². The zero-order chi connectivity index (χ0) is 13.1. The predicted octanol–water partition coefficient (Wildman–Crippen LogP) is 3.40. The van der Waals surface area contributed by atoms with E-state index in [1.807, 2.05) is 37.3 Å². The highest BCUT2D eigenvalue weighted by Gasteiger charge is 2.09. The Bertz CT molecular complexity index is 549. The molecule has 94 valence electrons. The van der Waals surface area contributed by atoms with Gasteiger partial charge in [0.15, 0.2) is 0 Å². The number of furan rings is 1. The fourth-order valence-corrected chi connectivity index (χ4v) is 2.12. The van der Waals surface area contributed by atoms with E-state index in [-0.39, 0.29) is 6.04 Å². The molecule has 1 aromatic heterocycles. The Kier molecular flexibility index (Phi) is 3.67. The molecule has 18 heavy (non-hydrogen) atoms. The summed E-state index contributed by atoms with van der Waals surface area (Å²) in [5, 5.41) is 3.37. The molecule has 0 bridgehead atoms. The van der Waals surface area contributed by atoms with Gasteiger partial charge in [0.1, 0.15) is 10.7 Å². The average molecular weight is 260 g/mol. The molecule has 3 nitrogen and oxygen atoms in total. The van der Waals surface area contributed by atoms with Crippen molar-refractivity contribution in [1.29, 1.82) is 0 Å². The minimum Gasteiger partial charge on any atom is -0.467 e. The monoisotopic (exact) mass is 260 g/mol. The number of aryl methyl sites for hydroxylation is 1. The van der Waals surface area contributed by atoms with Gasteiger partial charge in [0.05, 0.1) is 12.3 Å². The van der Waals surface area contributed by atoms with Crippen LogP contribution in [0.2, 0.25) is 0 Å². The Balaban J connectivity index is 2.15. The number of hydrogen-bond acceptors (Lipinski definition) is 3. The molecule has 0 aliphatic carbocycles. The maximum Gasteiger partial charge on any atom is 0.125 e. The van der Waals surface area contributed by atoms with E-state index < -0.39 is 0 Å². The fourth-order valence-electron chi connectivity index (χ4n) is 1.89. The first-order chi connectivity index (χ1) is 8.58. The average Bonchev–Trinajstić information content (AvgIpc) is 2.81. The third kappa shape index (κ3) is 2.71. The number of thiocarbonyl (C=S) groups is 1. The van der Waals surface area contributed by atoms with E-state index in [1.165, 1.54) is 0 Å². The molecule has 4 heteroatoms. The van der Waals surface area contributed by atoms with Crippen molar-refractivity contribution in [3.63, 3.8) is 0 Å². The van der Waals surface area contributed by atoms with E-state index in [0.29, 0.717) is 4.99 Å². The molecule has 1 unspecified atom stereocenters. The van der Waals surface area contributed by atoms with Gasteiger partial charge in [0, 0.05) is 11.3 Å². The summed E-state index contributed by atoms with van der Waals surface area (Å²) in [6, 6.07) is 9.90. The fraction of sp³-hybridized carbons (Fsp3) is 0.214. The Morgan fingerprint density at radius 3 is 2.72 bits per heavy atom. The Morgan fingerprint density at radius 2 is 2.17 bits per heavy atom. The molecule has 0 saturated carbocycles. The van der Waals surface area contributed by atoms with Crippen molar-refractivity contribution >= 4 is 22.9 Å². The van der Waals surface area contributed by atoms with Crippen LogP contribution in [0.1, 0.15) is 29.9 Å². The minimum atomic E-state index is 0.120. The van der Waals surface area contributed by atoms with Crippen LogP contribution in [0.3, 0.4) is 0 Å². The summed E-state index contributed by atoms with van der Waals surface area (Å²) in [5.41, 5.74) is 8.65. The normalized spacial score (nSPS) is 12.1. The summed E-state index contributed by atoms with van der Waals surface area (Å²) >= 11 is 4.99. The largest absolute Gasteiger partial charge is 0.467 e. The van der Waals surface area contributed by atoms with Crippen LogP contribution in [-0.4, -0.2) is 4.99 Å². The standard InChI is InChI=1S/C14H16N2OS/c1-9-8-11(5-6-12(9)14(15)18)16-10(2)13-4-3-7-17-13/h3-8,10,16H,1-2H3,(H2,15,18). The number of benzene rings is 1. The SMILES string of the molecule is Cc1cc(NC(C)c2ccco2)ccc1C(N)=S. The molecule has 0 radical (unpaired) electrons. The highest BCUT2D eigenvalue weighted by Crippen LogP contribution is 2.21. The highest BCUT2D eigenvalue weighted by molar-refractivity contribution is 7.80. The van der Waals surface area contributed by atoms with Crippen molar-refractivity contribution in [2.45, 2.75) is 19.9 Å². The van der Waals surface area contributed by atoms with Gasteiger partial charge >= 0.3 is 0 Å². The van der Waals surface area contributed by atoms with Crippen LogP contribution in [0.4, 0.5) is 5.69 Å². The van der Waals surface area contributed by atoms with Crippen molar-refractivity contribution in [2.75, 3.05) is 5.32 Å². The Hall–Kier alpha value is -1.81. The van der Waals surface area contributed by atoms with Crippen LogP contribution >= 0.6 is 12.2 Å². The van der Waals surface area contributed by atoms with Crippen LogP contribution in [0.25, 0.3) is 0 Å². The molecule has 1 aromatic carbocycles. The molecule has 3 N–H and O–H groups in total. The molecule has 1 heterocycles. The third-order valence-electron chi connectivity index (χ3n) is 2.84. The van der Waals surface area contributed by atoms with E-state index in [4.69, 9.17) is 22.4 Å². The van der Waals surface area contributed by atoms with Gasteiger partial charge in [0.25, 0.3) is 0 Å². The number of nitrogens with two attached hydrogens (primary N) is 1. The van der Waals surface area contributed by atoms with E-state index in [0.717, 1.165) is 22.6 Å². The smallest absolute Gasteiger partial charge is 0.125 e. The lowest BCUT2D eigenvalue weighted by atomic mass is 10.1. The van der Waals surface area contributed by atoms with Crippen LogP contribution in [0, 0.1) is 6.92 Å². The molecule has 1 atom stereocenters.